The molecule has 3 N–H and O–H groups in total. The Balaban J connectivity index is 1.50. The maximum Gasteiger partial charge on any atom is 0.223 e. The summed E-state index contributed by atoms with van der Waals surface area (Å²) in [4.78, 5) is 12.2. The van der Waals surface area contributed by atoms with E-state index in [9.17, 15) is 4.79 Å². The number of amides is 1. The van der Waals surface area contributed by atoms with Crippen molar-refractivity contribution in [3.8, 4) is 0 Å². The van der Waals surface area contributed by atoms with Gasteiger partial charge >= 0.3 is 0 Å². The fraction of sp³-hybridized carbons (Fsp3) is 0.562. The summed E-state index contributed by atoms with van der Waals surface area (Å²) in [7, 11) is 0. The van der Waals surface area contributed by atoms with Crippen LogP contribution in [0, 0.1) is 11.3 Å². The third-order valence-electron chi connectivity index (χ3n) is 4.78. The molecule has 1 amide bonds. The Hall–Kier alpha value is -1.39. The summed E-state index contributed by atoms with van der Waals surface area (Å²) in [6.07, 6.45) is 3.33. The number of nitrogens with one attached hydrogen (secondary N) is 2. The van der Waals surface area contributed by atoms with Crippen LogP contribution in [0.5, 0.6) is 0 Å². The van der Waals surface area contributed by atoms with Crippen LogP contribution < -0.4 is 10.6 Å². The van der Waals surface area contributed by atoms with E-state index in [0.29, 0.717) is 12.0 Å². The molecule has 1 spiro atoms. The number of piperidine rings is 1. The molecule has 108 valence electrons. The highest BCUT2D eigenvalue weighted by Gasteiger charge is 2.57. The molecule has 1 aromatic rings. The molecule has 1 saturated heterocycles. The average Bonchev–Trinajstić information content (AvgIpc) is 3.19. The van der Waals surface area contributed by atoms with Gasteiger partial charge in [-0.15, -0.1) is 0 Å². The van der Waals surface area contributed by atoms with Crippen molar-refractivity contribution in [3.05, 3.63) is 35.4 Å². The first-order chi connectivity index (χ1) is 9.73. The van der Waals surface area contributed by atoms with Crippen molar-refractivity contribution in [1.29, 1.82) is 0 Å². The van der Waals surface area contributed by atoms with Gasteiger partial charge in [0.15, 0.2) is 0 Å². The molecule has 1 aliphatic heterocycles. The molecular formula is C16H22N2O2. The molecule has 2 aliphatic rings. The predicted octanol–water partition coefficient (Wildman–Crippen LogP) is 1.18. The predicted molar refractivity (Wildman–Crippen MR) is 76.9 cm³/mol. The summed E-state index contributed by atoms with van der Waals surface area (Å²) < 4.78 is 0. The van der Waals surface area contributed by atoms with Crippen LogP contribution in [-0.4, -0.2) is 24.1 Å². The van der Waals surface area contributed by atoms with E-state index in [2.05, 4.69) is 10.6 Å². The van der Waals surface area contributed by atoms with E-state index in [1.165, 1.54) is 0 Å². The lowest BCUT2D eigenvalue weighted by Gasteiger charge is -2.23. The molecular weight excluding hydrogens is 252 g/mol. The van der Waals surface area contributed by atoms with Crippen LogP contribution >= 0.6 is 0 Å². The first-order valence-electron chi connectivity index (χ1n) is 7.41. The average molecular weight is 274 g/mol. The molecule has 2 fully saturated rings. The van der Waals surface area contributed by atoms with E-state index in [1.54, 1.807) is 0 Å². The van der Waals surface area contributed by atoms with Crippen LogP contribution in [0.15, 0.2) is 24.3 Å². The summed E-state index contributed by atoms with van der Waals surface area (Å²) >= 11 is 0. The second-order valence-corrected chi connectivity index (χ2v) is 6.06. The van der Waals surface area contributed by atoms with Gasteiger partial charge in [-0.2, -0.15) is 0 Å². The maximum atomic E-state index is 12.2. The lowest BCUT2D eigenvalue weighted by Crippen LogP contribution is -2.33. The van der Waals surface area contributed by atoms with Crippen LogP contribution in [0.4, 0.5) is 0 Å². The number of hydrogen-bond acceptors (Lipinski definition) is 3. The molecule has 1 heterocycles. The standard InChI is InChI=1S/C16H22N2O2/c19-11-13-3-1-12(2-4-13)10-18-15(20)14-9-16(14)5-7-17-8-6-16/h1-4,14,17,19H,5-11H2,(H,18,20). The topological polar surface area (TPSA) is 61.4 Å². The zero-order chi connectivity index (χ0) is 14.0. The van der Waals surface area contributed by atoms with Gasteiger partial charge in [0.25, 0.3) is 0 Å². The number of aliphatic hydroxyl groups is 1. The molecule has 0 radical (unpaired) electrons. The maximum absolute atomic E-state index is 12.2. The SMILES string of the molecule is O=C(NCc1ccc(CO)cc1)C1CC12CCNCC2. The van der Waals surface area contributed by atoms with E-state index in [-0.39, 0.29) is 18.4 Å². The monoisotopic (exact) mass is 274 g/mol. The van der Waals surface area contributed by atoms with Gasteiger partial charge in [-0.25, -0.2) is 0 Å². The van der Waals surface area contributed by atoms with Crippen LogP contribution in [0.3, 0.4) is 0 Å². The van der Waals surface area contributed by atoms with Crippen molar-refractivity contribution in [3.63, 3.8) is 0 Å². The normalized spacial score (nSPS) is 23.6. The van der Waals surface area contributed by atoms with Gasteiger partial charge < -0.3 is 15.7 Å². The van der Waals surface area contributed by atoms with Gasteiger partial charge in [0.1, 0.15) is 0 Å². The Morgan fingerprint density at radius 2 is 1.90 bits per heavy atom. The van der Waals surface area contributed by atoms with E-state index in [0.717, 1.165) is 43.5 Å². The number of carbonyl (C=O) groups is 1. The first kappa shape index (κ1) is 13.6. The third-order valence-corrected chi connectivity index (χ3v) is 4.78. The van der Waals surface area contributed by atoms with Crippen molar-refractivity contribution >= 4 is 5.91 Å². The molecule has 1 aromatic carbocycles. The summed E-state index contributed by atoms with van der Waals surface area (Å²) in [5, 5.41) is 15.4. The molecule has 4 heteroatoms. The van der Waals surface area contributed by atoms with Gasteiger partial charge in [-0.3, -0.25) is 4.79 Å². The molecule has 4 nitrogen and oxygen atoms in total. The highest BCUT2D eigenvalue weighted by molar-refractivity contribution is 5.82. The van der Waals surface area contributed by atoms with E-state index < -0.39 is 0 Å². The van der Waals surface area contributed by atoms with Gasteiger partial charge in [0.2, 0.25) is 5.91 Å². The number of rotatable bonds is 4. The van der Waals surface area contributed by atoms with Crippen LogP contribution in [0.25, 0.3) is 0 Å². The summed E-state index contributed by atoms with van der Waals surface area (Å²) in [6, 6.07) is 7.71. The highest BCUT2D eigenvalue weighted by atomic mass is 16.3. The second kappa shape index (κ2) is 5.54. The van der Waals surface area contributed by atoms with Crippen LogP contribution in [0.2, 0.25) is 0 Å². The number of carbonyl (C=O) groups excluding carboxylic acids is 1. The summed E-state index contributed by atoms with van der Waals surface area (Å²) in [5.74, 6) is 0.430. The van der Waals surface area contributed by atoms with E-state index in [4.69, 9.17) is 5.11 Å². The molecule has 20 heavy (non-hydrogen) atoms. The third kappa shape index (κ3) is 2.72. The Bertz CT molecular complexity index is 478. The lowest BCUT2D eigenvalue weighted by molar-refractivity contribution is -0.123. The van der Waals surface area contributed by atoms with Crippen molar-refractivity contribution in [2.45, 2.75) is 32.4 Å². The van der Waals surface area contributed by atoms with E-state index in [1.807, 2.05) is 24.3 Å². The minimum absolute atomic E-state index is 0.0608. The Morgan fingerprint density at radius 1 is 1.25 bits per heavy atom. The largest absolute Gasteiger partial charge is 0.392 e. The van der Waals surface area contributed by atoms with Gasteiger partial charge in [-0.1, -0.05) is 24.3 Å². The minimum Gasteiger partial charge on any atom is -0.392 e. The molecule has 1 unspecified atom stereocenters. The summed E-state index contributed by atoms with van der Waals surface area (Å²) in [5.41, 5.74) is 2.28. The molecule has 3 rings (SSSR count). The molecule has 1 saturated carbocycles. The Morgan fingerprint density at radius 3 is 2.55 bits per heavy atom. The van der Waals surface area contributed by atoms with Crippen molar-refractivity contribution in [2.75, 3.05) is 13.1 Å². The number of aliphatic hydroxyl groups excluding tert-OH is 1. The smallest absolute Gasteiger partial charge is 0.223 e. The fourth-order valence-electron chi connectivity index (χ4n) is 3.27. The summed E-state index contributed by atoms with van der Waals surface area (Å²) in [6.45, 7) is 2.74. The van der Waals surface area contributed by atoms with Crippen LogP contribution in [0.1, 0.15) is 30.4 Å². The fourth-order valence-corrected chi connectivity index (χ4v) is 3.27. The first-order valence-corrected chi connectivity index (χ1v) is 7.41. The minimum atomic E-state index is 0.0608. The van der Waals surface area contributed by atoms with E-state index >= 15 is 0 Å². The van der Waals surface area contributed by atoms with Crippen molar-refractivity contribution < 1.29 is 9.90 Å². The van der Waals surface area contributed by atoms with Crippen molar-refractivity contribution in [2.24, 2.45) is 11.3 Å². The van der Waals surface area contributed by atoms with Crippen LogP contribution in [-0.2, 0) is 17.9 Å². The van der Waals surface area contributed by atoms with Gasteiger partial charge in [-0.05, 0) is 48.9 Å². The number of benzene rings is 1. The Labute approximate surface area is 119 Å². The van der Waals surface area contributed by atoms with Crippen molar-refractivity contribution in [1.82, 2.24) is 10.6 Å². The highest BCUT2D eigenvalue weighted by Crippen LogP contribution is 2.58. The molecule has 1 aliphatic carbocycles. The molecule has 0 bridgehead atoms. The number of hydrogen-bond donors (Lipinski definition) is 3. The quantitative estimate of drug-likeness (QED) is 0.773. The second-order valence-electron chi connectivity index (χ2n) is 6.06. The van der Waals surface area contributed by atoms with Gasteiger partial charge in [0, 0.05) is 12.5 Å². The zero-order valence-electron chi connectivity index (χ0n) is 11.7. The Kier molecular flexibility index (Phi) is 3.76. The molecule has 1 atom stereocenters. The molecule has 0 aromatic heterocycles. The lowest BCUT2D eigenvalue weighted by atomic mass is 9.92. The van der Waals surface area contributed by atoms with Gasteiger partial charge in [0.05, 0.1) is 6.61 Å². The zero-order valence-corrected chi connectivity index (χ0v) is 11.7.